The number of nitrogens with zero attached hydrogens (tertiary/aromatic N) is 1. The lowest BCUT2D eigenvalue weighted by Gasteiger charge is -2.27. The highest BCUT2D eigenvalue weighted by molar-refractivity contribution is 5.88. The molecule has 206 valence electrons. The van der Waals surface area contributed by atoms with Gasteiger partial charge < -0.3 is 25.0 Å². The second-order valence-electron chi connectivity index (χ2n) is 9.63. The summed E-state index contributed by atoms with van der Waals surface area (Å²) in [6.45, 7) is 3.88. The molecule has 3 aromatic rings. The molecule has 1 atom stereocenters. The van der Waals surface area contributed by atoms with Crippen molar-refractivity contribution in [3.8, 4) is 22.9 Å². The van der Waals surface area contributed by atoms with Crippen molar-refractivity contribution in [2.75, 3.05) is 19.8 Å². The number of carboxylic acids is 1. The van der Waals surface area contributed by atoms with Gasteiger partial charge in [-0.1, -0.05) is 30.3 Å². The van der Waals surface area contributed by atoms with Gasteiger partial charge in [-0.15, -0.1) is 0 Å². The van der Waals surface area contributed by atoms with E-state index in [0.29, 0.717) is 11.1 Å². The first kappa shape index (κ1) is 29.6. The number of rotatable bonds is 12. The van der Waals surface area contributed by atoms with Crippen molar-refractivity contribution in [1.29, 1.82) is 5.26 Å². The van der Waals surface area contributed by atoms with E-state index in [1.807, 2.05) is 19.9 Å². The number of aliphatic hydroxyl groups is 1. The van der Waals surface area contributed by atoms with Crippen molar-refractivity contribution in [2.45, 2.75) is 38.3 Å². The molecule has 10 heteroatoms. The molecule has 0 spiro atoms. The number of hydrogen-bond acceptors (Lipinski definition) is 6. The Hall–Kier alpha value is -3.91. The Labute approximate surface area is 224 Å². The van der Waals surface area contributed by atoms with E-state index in [9.17, 15) is 28.3 Å². The molecule has 0 saturated carbocycles. The first-order valence-corrected chi connectivity index (χ1v) is 12.1. The van der Waals surface area contributed by atoms with Crippen molar-refractivity contribution in [2.24, 2.45) is 0 Å². The van der Waals surface area contributed by atoms with Crippen molar-refractivity contribution in [1.82, 2.24) is 5.32 Å². The molecule has 0 aromatic heterocycles. The maximum absolute atomic E-state index is 12.9. The topological polar surface area (TPSA) is 112 Å². The molecule has 3 aromatic carbocycles. The van der Waals surface area contributed by atoms with Crippen molar-refractivity contribution < 1.29 is 37.7 Å². The number of carbonyl (C=O) groups is 1. The summed E-state index contributed by atoms with van der Waals surface area (Å²) in [6.07, 6.45) is -5.35. The largest absolute Gasteiger partial charge is 0.489 e. The van der Waals surface area contributed by atoms with Crippen LogP contribution >= 0.6 is 0 Å². The summed E-state index contributed by atoms with van der Waals surface area (Å²) in [4.78, 5) is 11.1. The lowest BCUT2D eigenvalue weighted by Crippen LogP contribution is -2.47. The third-order valence-electron chi connectivity index (χ3n) is 5.80. The van der Waals surface area contributed by atoms with Gasteiger partial charge >= 0.3 is 12.1 Å². The average molecular weight is 543 g/mol. The lowest BCUT2D eigenvalue weighted by molar-refractivity contribution is -0.137. The highest BCUT2D eigenvalue weighted by Gasteiger charge is 2.30. The summed E-state index contributed by atoms with van der Waals surface area (Å²) in [5.74, 6) is -0.751. The second-order valence-corrected chi connectivity index (χ2v) is 9.63. The molecule has 0 fully saturated rings. The van der Waals surface area contributed by atoms with E-state index in [4.69, 9.17) is 14.6 Å². The lowest BCUT2D eigenvalue weighted by atomic mass is 10.0. The minimum atomic E-state index is -4.42. The number of hydrogen-bond donors (Lipinski definition) is 3. The molecular formula is C29H29F3N2O5. The predicted octanol–water partition coefficient (Wildman–Crippen LogP) is 5.27. The molecule has 0 amide bonds. The number of carboxylic acid groups (broad SMARTS) is 1. The fraction of sp³-hybridized carbons (Fsp3) is 0.310. The molecule has 0 bridgehead atoms. The number of aliphatic hydroxyl groups excluding tert-OH is 1. The monoisotopic (exact) mass is 542 g/mol. The van der Waals surface area contributed by atoms with Gasteiger partial charge in [0.05, 0.1) is 29.9 Å². The normalized spacial score (nSPS) is 12.5. The number of ether oxygens (including phenoxy) is 2. The fourth-order valence-electron chi connectivity index (χ4n) is 3.67. The third-order valence-corrected chi connectivity index (χ3v) is 5.80. The number of alkyl halides is 3. The number of benzene rings is 3. The summed E-state index contributed by atoms with van der Waals surface area (Å²) in [7, 11) is 0. The summed E-state index contributed by atoms with van der Waals surface area (Å²) in [5, 5.41) is 32.1. The summed E-state index contributed by atoms with van der Waals surface area (Å²) in [6, 6.07) is 18.3. The van der Waals surface area contributed by atoms with Crippen LogP contribution in [0.4, 0.5) is 13.2 Å². The first-order valence-electron chi connectivity index (χ1n) is 12.1. The molecule has 0 aliphatic carbocycles. The molecule has 3 N–H and O–H groups in total. The minimum absolute atomic E-state index is 0.00695. The van der Waals surface area contributed by atoms with Crippen LogP contribution in [0.25, 0.3) is 11.1 Å². The third kappa shape index (κ3) is 8.82. The summed E-state index contributed by atoms with van der Waals surface area (Å²) >= 11 is 0. The molecule has 0 aliphatic heterocycles. The molecule has 0 unspecified atom stereocenters. The van der Waals surface area contributed by atoms with Gasteiger partial charge in [0.1, 0.15) is 24.5 Å². The summed E-state index contributed by atoms with van der Waals surface area (Å²) in [5.41, 5.74) is 0.972. The molecular weight excluding hydrogens is 513 g/mol. The standard InChI is InChI=1S/C29H29F3N2O5/c1-28(2,18-38-16-19-4-3-5-24(12-19)29(30,31)32)34-15-25(35)17-39-26-13-22(10-11-23(26)14-33)20-6-8-21(9-7-20)27(36)37/h3-13,25,34-35H,15-18H2,1-2H3,(H,36,37)/t25-/m0/s1. The zero-order chi connectivity index (χ0) is 28.6. The Morgan fingerprint density at radius 1 is 1.05 bits per heavy atom. The maximum Gasteiger partial charge on any atom is 0.416 e. The number of halogens is 3. The van der Waals surface area contributed by atoms with Crippen LogP contribution in [0, 0.1) is 11.3 Å². The highest BCUT2D eigenvalue weighted by atomic mass is 19.4. The average Bonchev–Trinajstić information content (AvgIpc) is 2.90. The van der Waals surface area contributed by atoms with E-state index < -0.39 is 29.4 Å². The summed E-state index contributed by atoms with van der Waals surface area (Å²) < 4.78 is 50.0. The Kier molecular flexibility index (Phi) is 9.70. The van der Waals surface area contributed by atoms with Crippen LogP contribution in [0.15, 0.2) is 66.7 Å². The van der Waals surface area contributed by atoms with Crippen LogP contribution < -0.4 is 10.1 Å². The number of β-amino-alcohol motifs (C(OH)–C–C–N with tert-alkyl or cyclic N) is 1. The molecule has 0 heterocycles. The van der Waals surface area contributed by atoms with E-state index in [0.717, 1.165) is 17.7 Å². The van der Waals surface area contributed by atoms with Crippen LogP contribution in [0.2, 0.25) is 0 Å². The van der Waals surface area contributed by atoms with Gasteiger partial charge in [-0.25, -0.2) is 4.79 Å². The molecule has 0 radical (unpaired) electrons. The smallest absolute Gasteiger partial charge is 0.416 e. The van der Waals surface area contributed by atoms with Crippen LogP contribution in [-0.2, 0) is 17.5 Å². The van der Waals surface area contributed by atoms with Crippen LogP contribution in [0.1, 0.15) is 40.9 Å². The second kappa shape index (κ2) is 12.8. The van der Waals surface area contributed by atoms with Gasteiger partial charge in [-0.3, -0.25) is 0 Å². The van der Waals surface area contributed by atoms with E-state index in [1.165, 1.54) is 18.2 Å². The van der Waals surface area contributed by atoms with Gasteiger partial charge in [-0.05, 0) is 66.9 Å². The van der Waals surface area contributed by atoms with E-state index >= 15 is 0 Å². The Bertz CT molecular complexity index is 1320. The first-order chi connectivity index (χ1) is 18.4. The van der Waals surface area contributed by atoms with Crippen molar-refractivity contribution in [3.05, 3.63) is 89.0 Å². The maximum atomic E-state index is 12.9. The van der Waals surface area contributed by atoms with Crippen LogP contribution in [-0.4, -0.2) is 47.6 Å². The van der Waals surface area contributed by atoms with E-state index in [2.05, 4.69) is 5.32 Å². The SMILES string of the molecule is CC(C)(COCc1cccc(C(F)(F)F)c1)NC[C@H](O)COc1cc(-c2ccc(C(=O)O)cc2)ccc1C#N. The van der Waals surface area contributed by atoms with E-state index in [-0.39, 0.29) is 43.2 Å². The predicted molar refractivity (Wildman–Crippen MR) is 138 cm³/mol. The Balaban J connectivity index is 1.51. The molecule has 3 rings (SSSR count). The fourth-order valence-corrected chi connectivity index (χ4v) is 3.67. The van der Waals surface area contributed by atoms with Crippen LogP contribution in [0.5, 0.6) is 5.75 Å². The molecule has 0 aliphatic rings. The van der Waals surface area contributed by atoms with Crippen LogP contribution in [0.3, 0.4) is 0 Å². The van der Waals surface area contributed by atoms with Gasteiger partial charge in [0, 0.05) is 12.1 Å². The minimum Gasteiger partial charge on any atom is -0.489 e. The quantitative estimate of drug-likeness (QED) is 0.286. The number of nitrogens with one attached hydrogen (secondary N) is 1. The molecule has 0 saturated heterocycles. The molecule has 39 heavy (non-hydrogen) atoms. The van der Waals surface area contributed by atoms with E-state index in [1.54, 1.807) is 36.4 Å². The Morgan fingerprint density at radius 3 is 2.38 bits per heavy atom. The number of nitriles is 1. The van der Waals surface area contributed by atoms with Gasteiger partial charge in [0.25, 0.3) is 0 Å². The van der Waals surface area contributed by atoms with Gasteiger partial charge in [0.15, 0.2) is 0 Å². The molecule has 7 nitrogen and oxygen atoms in total. The van der Waals surface area contributed by atoms with Crippen molar-refractivity contribution >= 4 is 5.97 Å². The zero-order valence-corrected chi connectivity index (χ0v) is 21.5. The Morgan fingerprint density at radius 2 is 1.74 bits per heavy atom. The number of aromatic carboxylic acids is 1. The van der Waals surface area contributed by atoms with Gasteiger partial charge in [0.2, 0.25) is 0 Å². The zero-order valence-electron chi connectivity index (χ0n) is 21.5. The van der Waals surface area contributed by atoms with Crippen molar-refractivity contribution in [3.63, 3.8) is 0 Å². The van der Waals surface area contributed by atoms with Gasteiger partial charge in [-0.2, -0.15) is 18.4 Å². The highest BCUT2D eigenvalue weighted by Crippen LogP contribution is 2.30.